The van der Waals surface area contributed by atoms with Crippen LogP contribution < -0.4 is 15.6 Å². The molecule has 0 aliphatic heterocycles. The molecule has 3 heteroatoms. The van der Waals surface area contributed by atoms with Crippen molar-refractivity contribution in [2.75, 3.05) is 0 Å². The second-order valence-electron chi connectivity index (χ2n) is 5.01. The lowest BCUT2D eigenvalue weighted by molar-refractivity contribution is 0.566. The molecule has 0 atom stereocenters. The summed E-state index contributed by atoms with van der Waals surface area (Å²) in [6, 6.07) is 30.2. The highest BCUT2D eigenvalue weighted by molar-refractivity contribution is 7.10. The standard InChI is InChI=1S/C19H15NOSi/c21-16-20-22(17-10-4-1-5-11-17,18-12-6-2-7-13-18)19-14-8-3-9-15-19/h1-15H. The van der Waals surface area contributed by atoms with Crippen LogP contribution in [0.2, 0.25) is 0 Å². The van der Waals surface area contributed by atoms with Crippen molar-refractivity contribution >= 4 is 29.9 Å². The zero-order chi connectivity index (χ0) is 15.3. The fourth-order valence-electron chi connectivity index (χ4n) is 2.80. The van der Waals surface area contributed by atoms with Crippen LogP contribution in [0.15, 0.2) is 95.7 Å². The average molecular weight is 301 g/mol. The lowest BCUT2D eigenvalue weighted by Crippen LogP contribution is -2.66. The van der Waals surface area contributed by atoms with Crippen LogP contribution >= 0.6 is 0 Å². The molecule has 0 saturated heterocycles. The molecule has 106 valence electrons. The van der Waals surface area contributed by atoms with Crippen molar-refractivity contribution in [2.45, 2.75) is 0 Å². The molecular weight excluding hydrogens is 286 g/mol. The van der Waals surface area contributed by atoms with Crippen molar-refractivity contribution in [3.63, 3.8) is 0 Å². The smallest absolute Gasteiger partial charge is 0.230 e. The molecular formula is C19H15NOSi. The van der Waals surface area contributed by atoms with E-state index in [9.17, 15) is 4.79 Å². The summed E-state index contributed by atoms with van der Waals surface area (Å²) in [5.74, 6) is 0. The molecule has 0 spiro atoms. The normalized spacial score (nSPS) is 10.7. The number of nitrogens with zero attached hydrogens (tertiary/aromatic N) is 1. The Bertz CT molecular complexity index is 685. The predicted molar refractivity (Wildman–Crippen MR) is 92.1 cm³/mol. The van der Waals surface area contributed by atoms with E-state index in [1.54, 1.807) is 0 Å². The molecule has 0 fully saturated rings. The Morgan fingerprint density at radius 2 is 0.909 bits per heavy atom. The van der Waals surface area contributed by atoms with Crippen LogP contribution in [0.25, 0.3) is 0 Å². The zero-order valence-corrected chi connectivity index (χ0v) is 13.0. The van der Waals surface area contributed by atoms with E-state index in [1.807, 2.05) is 97.1 Å². The summed E-state index contributed by atoms with van der Waals surface area (Å²) in [7, 11) is -2.72. The molecule has 0 aromatic heterocycles. The van der Waals surface area contributed by atoms with Crippen LogP contribution in [0.5, 0.6) is 0 Å². The van der Waals surface area contributed by atoms with Gasteiger partial charge >= 0.3 is 0 Å². The van der Waals surface area contributed by atoms with Gasteiger partial charge in [-0.3, -0.25) is 0 Å². The predicted octanol–water partition coefficient (Wildman–Crippen LogP) is 1.99. The molecule has 0 aliphatic carbocycles. The van der Waals surface area contributed by atoms with Crippen LogP contribution in [0.3, 0.4) is 0 Å². The minimum atomic E-state index is -2.72. The van der Waals surface area contributed by atoms with E-state index >= 15 is 0 Å². The van der Waals surface area contributed by atoms with Gasteiger partial charge in [0.1, 0.15) is 0 Å². The van der Waals surface area contributed by atoms with Crippen molar-refractivity contribution in [1.29, 1.82) is 0 Å². The van der Waals surface area contributed by atoms with Crippen molar-refractivity contribution in [3.8, 4) is 0 Å². The van der Waals surface area contributed by atoms with Gasteiger partial charge in [-0.2, -0.15) is 0 Å². The Hall–Kier alpha value is -2.74. The van der Waals surface area contributed by atoms with E-state index in [-0.39, 0.29) is 0 Å². The number of benzene rings is 3. The molecule has 0 bridgehead atoms. The van der Waals surface area contributed by atoms with Gasteiger partial charge in [-0.1, -0.05) is 91.0 Å². The Morgan fingerprint density at radius 1 is 0.591 bits per heavy atom. The Labute approximate surface area is 130 Å². The molecule has 3 aromatic carbocycles. The molecule has 0 heterocycles. The Morgan fingerprint density at radius 3 is 1.18 bits per heavy atom. The maximum absolute atomic E-state index is 11.3. The van der Waals surface area contributed by atoms with Crippen LogP contribution in [-0.4, -0.2) is 14.3 Å². The van der Waals surface area contributed by atoms with Gasteiger partial charge in [0.2, 0.25) is 6.08 Å². The van der Waals surface area contributed by atoms with Gasteiger partial charge in [-0.15, -0.1) is 0 Å². The van der Waals surface area contributed by atoms with E-state index in [4.69, 9.17) is 0 Å². The zero-order valence-electron chi connectivity index (χ0n) is 12.0. The van der Waals surface area contributed by atoms with Crippen LogP contribution in [-0.2, 0) is 4.79 Å². The first-order valence-electron chi connectivity index (χ1n) is 7.13. The quantitative estimate of drug-likeness (QED) is 0.314. The molecule has 0 N–H and O–H groups in total. The summed E-state index contributed by atoms with van der Waals surface area (Å²) in [6.07, 6.45) is 1.84. The van der Waals surface area contributed by atoms with Gasteiger partial charge < -0.3 is 0 Å². The van der Waals surface area contributed by atoms with Crippen molar-refractivity contribution in [2.24, 2.45) is 4.66 Å². The lowest BCUT2D eigenvalue weighted by atomic mass is 10.3. The van der Waals surface area contributed by atoms with Crippen LogP contribution in [0.4, 0.5) is 0 Å². The van der Waals surface area contributed by atoms with Gasteiger partial charge in [0.15, 0.2) is 0 Å². The van der Waals surface area contributed by atoms with Crippen molar-refractivity contribution in [3.05, 3.63) is 91.0 Å². The van der Waals surface area contributed by atoms with Crippen molar-refractivity contribution in [1.82, 2.24) is 0 Å². The molecule has 0 unspecified atom stereocenters. The van der Waals surface area contributed by atoms with Crippen LogP contribution in [0, 0.1) is 0 Å². The largest absolute Gasteiger partial charge is 0.289 e. The van der Waals surface area contributed by atoms with Gasteiger partial charge in [-0.05, 0) is 15.6 Å². The highest BCUT2D eigenvalue weighted by atomic mass is 28.3. The molecule has 22 heavy (non-hydrogen) atoms. The van der Waals surface area contributed by atoms with Gasteiger partial charge in [0.05, 0.1) is 0 Å². The number of isocyanates is 1. The number of rotatable bonds is 4. The second-order valence-corrected chi connectivity index (χ2v) is 8.39. The number of hydrogen-bond acceptors (Lipinski definition) is 2. The Kier molecular flexibility index (Phi) is 4.10. The monoisotopic (exact) mass is 301 g/mol. The summed E-state index contributed by atoms with van der Waals surface area (Å²) >= 11 is 0. The number of carbonyl (C=O) groups excluding carboxylic acids is 1. The van der Waals surface area contributed by atoms with E-state index in [1.165, 1.54) is 0 Å². The maximum atomic E-state index is 11.3. The summed E-state index contributed by atoms with van der Waals surface area (Å²) in [4.78, 5) is 11.3. The molecule has 0 radical (unpaired) electrons. The number of hydrogen-bond donors (Lipinski definition) is 0. The third kappa shape index (κ3) is 2.44. The van der Waals surface area contributed by atoms with Crippen LogP contribution in [0.1, 0.15) is 0 Å². The minimum Gasteiger partial charge on any atom is -0.230 e. The minimum absolute atomic E-state index is 1.08. The maximum Gasteiger partial charge on any atom is 0.289 e. The summed E-state index contributed by atoms with van der Waals surface area (Å²) in [5.41, 5.74) is 0. The van der Waals surface area contributed by atoms with Crippen molar-refractivity contribution < 1.29 is 4.79 Å². The summed E-state index contributed by atoms with van der Waals surface area (Å²) in [6.45, 7) is 0. The molecule has 2 nitrogen and oxygen atoms in total. The lowest BCUT2D eigenvalue weighted by Gasteiger charge is -2.27. The molecule has 0 saturated carbocycles. The fraction of sp³-hybridized carbons (Fsp3) is 0. The summed E-state index contributed by atoms with van der Waals surface area (Å²) in [5, 5.41) is 3.24. The van der Waals surface area contributed by atoms with E-state index < -0.39 is 8.24 Å². The average Bonchev–Trinajstić information content (AvgIpc) is 2.62. The second kappa shape index (κ2) is 6.35. The fourth-order valence-corrected chi connectivity index (χ4v) is 6.35. The SMILES string of the molecule is O=C=N[Si](c1ccccc1)(c1ccccc1)c1ccccc1. The van der Waals surface area contributed by atoms with E-state index in [2.05, 4.69) is 4.66 Å². The van der Waals surface area contributed by atoms with Gasteiger partial charge in [0, 0.05) is 0 Å². The molecule has 3 rings (SSSR count). The molecule has 0 aliphatic rings. The highest BCUT2D eigenvalue weighted by Crippen LogP contribution is 2.08. The first-order chi connectivity index (χ1) is 10.9. The topological polar surface area (TPSA) is 29.4 Å². The molecule has 3 aromatic rings. The third-order valence-electron chi connectivity index (χ3n) is 3.79. The third-order valence-corrected chi connectivity index (χ3v) is 7.72. The van der Waals surface area contributed by atoms with E-state index in [0.717, 1.165) is 15.6 Å². The van der Waals surface area contributed by atoms with Gasteiger partial charge in [0.25, 0.3) is 8.24 Å². The first kappa shape index (κ1) is 14.2. The molecule has 0 amide bonds. The summed E-state index contributed by atoms with van der Waals surface area (Å²) < 4.78 is 4.40. The Balaban J connectivity index is 2.37. The first-order valence-corrected chi connectivity index (χ1v) is 9.08. The van der Waals surface area contributed by atoms with Gasteiger partial charge in [-0.25, -0.2) is 9.45 Å². The highest BCUT2D eigenvalue weighted by Gasteiger charge is 2.40. The van der Waals surface area contributed by atoms with E-state index in [0.29, 0.717) is 0 Å².